The number of quaternary nitrogens is 1. The number of hydrogen-bond donors (Lipinski definition) is 3. The Morgan fingerprint density at radius 1 is 1.26 bits per heavy atom. The molecule has 31 heavy (non-hydrogen) atoms. The van der Waals surface area contributed by atoms with Crippen molar-refractivity contribution in [3.05, 3.63) is 70.5 Å². The van der Waals surface area contributed by atoms with Gasteiger partial charge in [-0.15, -0.1) is 0 Å². The molecule has 0 saturated carbocycles. The first-order valence-corrected chi connectivity index (χ1v) is 10.3. The number of ether oxygens (including phenoxy) is 3. The second-order valence-electron chi connectivity index (χ2n) is 7.07. The van der Waals surface area contributed by atoms with Gasteiger partial charge in [0.2, 0.25) is 6.79 Å². The van der Waals surface area contributed by atoms with Gasteiger partial charge in [-0.05, 0) is 30.7 Å². The second-order valence-corrected chi connectivity index (χ2v) is 7.48. The Morgan fingerprint density at radius 3 is 2.87 bits per heavy atom. The number of benzene rings is 2. The van der Waals surface area contributed by atoms with Crippen molar-refractivity contribution in [2.45, 2.75) is 19.5 Å². The van der Waals surface area contributed by atoms with Crippen LogP contribution in [0.3, 0.4) is 0 Å². The monoisotopic (exact) mass is 444 g/mol. The van der Waals surface area contributed by atoms with Crippen LogP contribution in [0.4, 0.5) is 4.79 Å². The Bertz CT molecular complexity index is 1030. The van der Waals surface area contributed by atoms with E-state index in [1.165, 1.54) is 0 Å². The zero-order chi connectivity index (χ0) is 21.8. The highest BCUT2D eigenvalue weighted by molar-refractivity contribution is 6.31. The van der Waals surface area contributed by atoms with Gasteiger partial charge in [0.25, 0.3) is 0 Å². The maximum atomic E-state index is 12.9. The van der Waals surface area contributed by atoms with Crippen molar-refractivity contribution < 1.29 is 29.1 Å². The minimum absolute atomic E-state index is 0.140. The summed E-state index contributed by atoms with van der Waals surface area (Å²) in [5.74, 6) is 0.0137. The first-order chi connectivity index (χ1) is 15.1. The van der Waals surface area contributed by atoms with E-state index in [0.29, 0.717) is 34.3 Å². The van der Waals surface area contributed by atoms with E-state index in [4.69, 9.17) is 25.8 Å². The van der Waals surface area contributed by atoms with Gasteiger partial charge in [-0.1, -0.05) is 35.9 Å². The van der Waals surface area contributed by atoms with Crippen LogP contribution in [0.25, 0.3) is 0 Å². The van der Waals surface area contributed by atoms with E-state index >= 15 is 0 Å². The maximum Gasteiger partial charge on any atom is 0.319 e. The van der Waals surface area contributed by atoms with Crippen LogP contribution in [-0.4, -0.2) is 25.4 Å². The molecule has 4 N–H and O–H groups in total. The van der Waals surface area contributed by atoms with E-state index in [9.17, 15) is 9.59 Å². The number of fused-ring (bicyclic) bond motifs is 1. The first kappa shape index (κ1) is 21.0. The van der Waals surface area contributed by atoms with E-state index < -0.39 is 24.0 Å². The van der Waals surface area contributed by atoms with Crippen LogP contribution >= 0.6 is 11.6 Å². The summed E-state index contributed by atoms with van der Waals surface area (Å²) in [6.45, 7) is 2.67. The highest BCUT2D eigenvalue weighted by Crippen LogP contribution is 2.38. The minimum atomic E-state index is -0.750. The number of esters is 1. The maximum absolute atomic E-state index is 12.9. The second kappa shape index (κ2) is 9.28. The summed E-state index contributed by atoms with van der Waals surface area (Å²) in [6.07, 6.45) is 1.74. The third-order valence-corrected chi connectivity index (χ3v) is 5.47. The molecule has 9 heteroatoms. The number of nitrogens with one attached hydrogen (secondary N) is 2. The average molecular weight is 445 g/mol. The number of amides is 2. The lowest BCUT2D eigenvalue weighted by molar-refractivity contribution is -0.605. The van der Waals surface area contributed by atoms with Crippen molar-refractivity contribution in [2.75, 3.05) is 13.4 Å². The summed E-state index contributed by atoms with van der Waals surface area (Å²) in [7, 11) is 0. The molecular weight excluding hydrogens is 422 g/mol. The molecule has 0 unspecified atom stereocenters. The quantitative estimate of drug-likeness (QED) is 0.593. The molecule has 2 heterocycles. The highest BCUT2D eigenvalue weighted by Gasteiger charge is 2.41. The topological polar surface area (TPSA) is 102 Å². The fraction of sp³-hybridized carbons (Fsp3) is 0.273. The van der Waals surface area contributed by atoms with Gasteiger partial charge in [0.05, 0.1) is 18.3 Å². The Labute approximate surface area is 184 Å². The van der Waals surface area contributed by atoms with Gasteiger partial charge in [-0.25, -0.2) is 4.79 Å². The Kier molecular flexibility index (Phi) is 6.29. The summed E-state index contributed by atoms with van der Waals surface area (Å²) < 4.78 is 16.1. The number of nitrogens with two attached hydrogens (primary N) is 1. The molecule has 8 nitrogen and oxygen atoms in total. The van der Waals surface area contributed by atoms with Crippen LogP contribution < -0.4 is 25.4 Å². The molecule has 0 spiro atoms. The molecule has 0 aromatic heterocycles. The predicted octanol–water partition coefficient (Wildman–Crippen LogP) is 2.21. The van der Waals surface area contributed by atoms with Gasteiger partial charge in [0.1, 0.15) is 18.7 Å². The van der Waals surface area contributed by atoms with E-state index in [0.717, 1.165) is 5.56 Å². The molecule has 4 rings (SSSR count). The molecule has 2 aliphatic heterocycles. The zero-order valence-electron chi connectivity index (χ0n) is 16.9. The third kappa shape index (κ3) is 4.60. The number of hydrogen-bond acceptors (Lipinski definition) is 5. The molecule has 0 bridgehead atoms. The number of rotatable bonds is 6. The number of carbonyl (C=O) groups excluding carboxylic acids is 2. The summed E-state index contributed by atoms with van der Waals surface area (Å²) in [6, 6.07) is 11.8. The lowest BCUT2D eigenvalue weighted by atomic mass is 9.88. The summed E-state index contributed by atoms with van der Waals surface area (Å²) in [5, 5.41) is 8.11. The van der Waals surface area contributed by atoms with E-state index in [1.807, 2.05) is 29.6 Å². The Balaban J connectivity index is 1.62. The van der Waals surface area contributed by atoms with E-state index in [2.05, 4.69) is 10.6 Å². The standard InChI is InChI=1S/C22H22ClN3O5/c1-2-29-21(27)19-16(11-24-10-14-5-3-4-6-15(14)23)25-22(28)26-20(19)13-7-8-17-18(9-13)31-12-30-17/h3-9,11,19-20,24H,2,10,12H2,1H3,(H2,25,26,28)/p+1/b16-11+/t19-,20+/m0/s1. The molecular formula is C22H23ClN3O5+. The van der Waals surface area contributed by atoms with Crippen LogP contribution in [0.5, 0.6) is 11.5 Å². The summed E-state index contributed by atoms with van der Waals surface area (Å²) in [4.78, 5) is 25.3. The summed E-state index contributed by atoms with van der Waals surface area (Å²) >= 11 is 6.22. The van der Waals surface area contributed by atoms with Crippen LogP contribution in [0.15, 0.2) is 54.4 Å². The van der Waals surface area contributed by atoms with Crippen LogP contribution in [0.2, 0.25) is 5.02 Å². The Hall–Kier alpha value is -3.23. The fourth-order valence-corrected chi connectivity index (χ4v) is 3.86. The van der Waals surface area contributed by atoms with Crippen LogP contribution in [-0.2, 0) is 16.1 Å². The lowest BCUT2D eigenvalue weighted by Crippen LogP contribution is -2.77. The molecule has 1 saturated heterocycles. The SMILES string of the molecule is CCOC(=O)[C@H]1/C(=C\[NH2+]Cc2ccccc2Cl)NC(=O)N[C@@H]1c1ccc2c(c1)OCO2. The average Bonchev–Trinajstić information content (AvgIpc) is 3.22. The molecule has 2 aromatic carbocycles. The van der Waals surface area contributed by atoms with Crippen molar-refractivity contribution in [2.24, 2.45) is 5.92 Å². The molecule has 2 aliphatic rings. The molecule has 2 atom stereocenters. The fourth-order valence-electron chi connectivity index (χ4n) is 3.65. The molecule has 2 aromatic rings. The summed E-state index contributed by atoms with van der Waals surface area (Å²) in [5.41, 5.74) is 2.12. The number of urea groups is 1. The highest BCUT2D eigenvalue weighted by atomic mass is 35.5. The van der Waals surface area contributed by atoms with Crippen molar-refractivity contribution in [1.29, 1.82) is 0 Å². The van der Waals surface area contributed by atoms with E-state index in [-0.39, 0.29) is 13.4 Å². The normalized spacial score (nSPS) is 20.8. The minimum Gasteiger partial charge on any atom is -0.465 e. The first-order valence-electron chi connectivity index (χ1n) is 9.97. The van der Waals surface area contributed by atoms with Gasteiger partial charge in [-0.2, -0.15) is 0 Å². The van der Waals surface area contributed by atoms with Gasteiger partial charge in [0.15, 0.2) is 11.5 Å². The largest absolute Gasteiger partial charge is 0.465 e. The van der Waals surface area contributed by atoms with Crippen LogP contribution in [0.1, 0.15) is 24.1 Å². The third-order valence-electron chi connectivity index (χ3n) is 5.10. The van der Waals surface area contributed by atoms with Crippen molar-refractivity contribution >= 4 is 23.6 Å². The van der Waals surface area contributed by atoms with E-state index in [1.54, 1.807) is 31.3 Å². The Morgan fingerprint density at radius 2 is 2.06 bits per heavy atom. The molecule has 0 radical (unpaired) electrons. The van der Waals surface area contributed by atoms with Gasteiger partial charge >= 0.3 is 12.0 Å². The molecule has 0 aliphatic carbocycles. The van der Waals surface area contributed by atoms with Crippen LogP contribution in [0, 0.1) is 5.92 Å². The number of carbonyl (C=O) groups is 2. The predicted molar refractivity (Wildman–Crippen MR) is 112 cm³/mol. The molecule has 1 fully saturated rings. The molecule has 2 amide bonds. The lowest BCUT2D eigenvalue weighted by Gasteiger charge is -2.33. The van der Waals surface area contributed by atoms with Gasteiger partial charge in [0, 0.05) is 10.6 Å². The van der Waals surface area contributed by atoms with Gasteiger partial charge in [-0.3, -0.25) is 4.79 Å². The van der Waals surface area contributed by atoms with Crippen molar-refractivity contribution in [3.63, 3.8) is 0 Å². The smallest absolute Gasteiger partial charge is 0.319 e. The van der Waals surface area contributed by atoms with Crippen molar-refractivity contribution in [3.8, 4) is 11.5 Å². The molecule has 162 valence electrons. The zero-order valence-corrected chi connectivity index (χ0v) is 17.6. The van der Waals surface area contributed by atoms with Crippen molar-refractivity contribution in [1.82, 2.24) is 10.6 Å². The van der Waals surface area contributed by atoms with Gasteiger partial charge < -0.3 is 30.2 Å². The number of halogens is 1.